The third kappa shape index (κ3) is 4.70. The Kier molecular flexibility index (Phi) is 6.23. The van der Waals surface area contributed by atoms with Gasteiger partial charge in [0.1, 0.15) is 0 Å². The van der Waals surface area contributed by atoms with Crippen LogP contribution in [0.5, 0.6) is 0 Å². The third-order valence-electron chi connectivity index (χ3n) is 5.26. The number of likely N-dealkylation sites (tertiary alicyclic amines) is 1. The molecule has 1 aliphatic rings. The van der Waals surface area contributed by atoms with Crippen molar-refractivity contribution in [3.63, 3.8) is 0 Å². The molecule has 148 valence electrons. The highest BCUT2D eigenvalue weighted by Gasteiger charge is 2.27. The highest BCUT2D eigenvalue weighted by Crippen LogP contribution is 2.32. The fraction of sp³-hybridized carbons (Fsp3) is 0.579. The number of halogens is 1. The van der Waals surface area contributed by atoms with Crippen molar-refractivity contribution in [3.8, 4) is 0 Å². The standard InChI is InChI=1S/C19H27ClN4O2S/c1-4-7-24-14(2)16(11-22-24)13-23-8-5-15(6-9-23)19-18(27(3,25)26)10-17(20)12-21-19/h10-12,15H,4-9,13H2,1-3H3. The predicted molar refractivity (Wildman–Crippen MR) is 107 cm³/mol. The lowest BCUT2D eigenvalue weighted by Crippen LogP contribution is -2.33. The number of piperidine rings is 1. The van der Waals surface area contributed by atoms with Crippen LogP contribution in [0.4, 0.5) is 0 Å². The number of nitrogens with zero attached hydrogens (tertiary/aromatic N) is 4. The summed E-state index contributed by atoms with van der Waals surface area (Å²) in [6.45, 7) is 7.94. The molecule has 0 unspecified atom stereocenters. The summed E-state index contributed by atoms with van der Waals surface area (Å²) in [4.78, 5) is 7.05. The molecule has 2 aromatic rings. The maximum absolute atomic E-state index is 12.1. The fourth-order valence-corrected chi connectivity index (χ4v) is 4.88. The average Bonchev–Trinajstić information content (AvgIpc) is 2.96. The molecular formula is C19H27ClN4O2S. The molecule has 1 fully saturated rings. The number of pyridine rings is 1. The Morgan fingerprint density at radius 2 is 1.96 bits per heavy atom. The van der Waals surface area contributed by atoms with Gasteiger partial charge in [-0.05, 0) is 45.3 Å². The summed E-state index contributed by atoms with van der Waals surface area (Å²) in [6.07, 6.45) is 7.58. The van der Waals surface area contributed by atoms with E-state index in [0.717, 1.165) is 45.4 Å². The molecule has 8 heteroatoms. The van der Waals surface area contributed by atoms with Crippen molar-refractivity contribution in [2.75, 3.05) is 19.3 Å². The molecule has 3 rings (SSSR count). The number of sulfone groups is 1. The summed E-state index contributed by atoms with van der Waals surface area (Å²) < 4.78 is 26.3. The summed E-state index contributed by atoms with van der Waals surface area (Å²) in [5, 5.41) is 4.84. The van der Waals surface area contributed by atoms with Crippen LogP contribution in [-0.2, 0) is 22.9 Å². The Balaban J connectivity index is 1.68. The lowest BCUT2D eigenvalue weighted by molar-refractivity contribution is 0.202. The summed E-state index contributed by atoms with van der Waals surface area (Å²) in [5.41, 5.74) is 3.16. The van der Waals surface area contributed by atoms with Crippen LogP contribution in [-0.4, -0.2) is 47.4 Å². The van der Waals surface area contributed by atoms with E-state index in [1.165, 1.54) is 23.6 Å². The molecule has 0 aliphatic carbocycles. The van der Waals surface area contributed by atoms with E-state index in [-0.39, 0.29) is 10.8 Å². The van der Waals surface area contributed by atoms with Gasteiger partial charge in [0.05, 0.1) is 21.8 Å². The minimum absolute atomic E-state index is 0.146. The Hall–Kier alpha value is -1.44. The summed E-state index contributed by atoms with van der Waals surface area (Å²) in [7, 11) is -3.35. The molecule has 1 aliphatic heterocycles. The van der Waals surface area contributed by atoms with Gasteiger partial charge in [-0.15, -0.1) is 0 Å². The van der Waals surface area contributed by atoms with Crippen LogP contribution in [0.3, 0.4) is 0 Å². The molecular weight excluding hydrogens is 384 g/mol. The van der Waals surface area contributed by atoms with Crippen LogP contribution in [0.1, 0.15) is 49.1 Å². The molecule has 0 N–H and O–H groups in total. The fourth-order valence-electron chi connectivity index (χ4n) is 3.72. The molecule has 2 aromatic heterocycles. The zero-order chi connectivity index (χ0) is 19.6. The van der Waals surface area contributed by atoms with Gasteiger partial charge in [0.2, 0.25) is 0 Å². The molecule has 0 aromatic carbocycles. The third-order valence-corrected chi connectivity index (χ3v) is 6.59. The van der Waals surface area contributed by atoms with E-state index in [0.29, 0.717) is 10.7 Å². The molecule has 0 spiro atoms. The van der Waals surface area contributed by atoms with Crippen LogP contribution in [0.15, 0.2) is 23.4 Å². The number of hydrogen-bond donors (Lipinski definition) is 0. The molecule has 1 saturated heterocycles. The average molecular weight is 411 g/mol. The van der Waals surface area contributed by atoms with E-state index in [1.807, 2.05) is 6.20 Å². The van der Waals surface area contributed by atoms with Crippen LogP contribution in [0.25, 0.3) is 0 Å². The minimum atomic E-state index is -3.35. The van der Waals surface area contributed by atoms with Gasteiger partial charge in [0, 0.05) is 42.7 Å². The second-order valence-electron chi connectivity index (χ2n) is 7.34. The van der Waals surface area contributed by atoms with Gasteiger partial charge in [0.15, 0.2) is 9.84 Å². The SMILES string of the molecule is CCCn1ncc(CN2CCC(c3ncc(Cl)cc3S(C)(=O)=O)CC2)c1C. The van der Waals surface area contributed by atoms with E-state index < -0.39 is 9.84 Å². The van der Waals surface area contributed by atoms with Crippen molar-refractivity contribution >= 4 is 21.4 Å². The van der Waals surface area contributed by atoms with Gasteiger partial charge in [-0.3, -0.25) is 14.6 Å². The van der Waals surface area contributed by atoms with Crippen LogP contribution in [0, 0.1) is 6.92 Å². The Bertz CT molecular complexity index is 902. The van der Waals surface area contributed by atoms with Crippen molar-refractivity contribution in [2.24, 2.45) is 0 Å². The number of hydrogen-bond acceptors (Lipinski definition) is 5. The summed E-state index contributed by atoms with van der Waals surface area (Å²) >= 11 is 5.97. The molecule has 0 atom stereocenters. The minimum Gasteiger partial charge on any atom is -0.299 e. The quantitative estimate of drug-likeness (QED) is 0.729. The second-order valence-corrected chi connectivity index (χ2v) is 9.76. The maximum Gasteiger partial charge on any atom is 0.177 e. The molecule has 0 bridgehead atoms. The Morgan fingerprint density at radius 1 is 1.26 bits per heavy atom. The van der Waals surface area contributed by atoms with E-state index in [9.17, 15) is 8.42 Å². The molecule has 3 heterocycles. The highest BCUT2D eigenvalue weighted by molar-refractivity contribution is 7.90. The topological polar surface area (TPSA) is 68.1 Å². The van der Waals surface area contributed by atoms with Crippen LogP contribution >= 0.6 is 11.6 Å². The monoisotopic (exact) mass is 410 g/mol. The van der Waals surface area contributed by atoms with E-state index in [2.05, 4.69) is 33.5 Å². The van der Waals surface area contributed by atoms with Gasteiger partial charge in [0.25, 0.3) is 0 Å². The zero-order valence-corrected chi connectivity index (χ0v) is 17.7. The van der Waals surface area contributed by atoms with Crippen molar-refractivity contribution in [1.82, 2.24) is 19.7 Å². The van der Waals surface area contributed by atoms with Crippen molar-refractivity contribution in [2.45, 2.75) is 57.0 Å². The molecule has 0 radical (unpaired) electrons. The normalized spacial score (nSPS) is 16.7. The molecule has 27 heavy (non-hydrogen) atoms. The first-order valence-electron chi connectivity index (χ1n) is 9.38. The molecule has 6 nitrogen and oxygen atoms in total. The maximum atomic E-state index is 12.1. The molecule has 0 amide bonds. The first-order valence-corrected chi connectivity index (χ1v) is 11.7. The van der Waals surface area contributed by atoms with Crippen molar-refractivity contribution < 1.29 is 8.42 Å². The van der Waals surface area contributed by atoms with Crippen molar-refractivity contribution in [1.29, 1.82) is 0 Å². The van der Waals surface area contributed by atoms with Crippen molar-refractivity contribution in [3.05, 3.63) is 40.4 Å². The lowest BCUT2D eigenvalue weighted by atomic mass is 9.92. The number of aryl methyl sites for hydroxylation is 1. The van der Waals surface area contributed by atoms with Gasteiger partial charge >= 0.3 is 0 Å². The number of aromatic nitrogens is 3. The van der Waals surface area contributed by atoms with E-state index >= 15 is 0 Å². The Morgan fingerprint density at radius 3 is 2.59 bits per heavy atom. The lowest BCUT2D eigenvalue weighted by Gasteiger charge is -2.32. The summed E-state index contributed by atoms with van der Waals surface area (Å²) in [6, 6.07) is 1.52. The van der Waals surface area contributed by atoms with Crippen LogP contribution in [0.2, 0.25) is 5.02 Å². The van der Waals surface area contributed by atoms with Gasteiger partial charge in [-0.1, -0.05) is 18.5 Å². The smallest absolute Gasteiger partial charge is 0.177 e. The van der Waals surface area contributed by atoms with Gasteiger partial charge in [-0.2, -0.15) is 5.10 Å². The number of rotatable bonds is 6. The highest BCUT2D eigenvalue weighted by atomic mass is 35.5. The van der Waals surface area contributed by atoms with E-state index in [1.54, 1.807) is 6.20 Å². The predicted octanol–water partition coefficient (Wildman–Crippen LogP) is 3.43. The van der Waals surface area contributed by atoms with Crippen LogP contribution < -0.4 is 0 Å². The first kappa shape index (κ1) is 20.3. The largest absolute Gasteiger partial charge is 0.299 e. The summed E-state index contributed by atoms with van der Waals surface area (Å²) in [5.74, 6) is 0.146. The first-order chi connectivity index (χ1) is 12.8. The van der Waals surface area contributed by atoms with E-state index in [4.69, 9.17) is 11.6 Å². The van der Waals surface area contributed by atoms with Gasteiger partial charge < -0.3 is 0 Å². The second kappa shape index (κ2) is 8.29. The van der Waals surface area contributed by atoms with Gasteiger partial charge in [-0.25, -0.2) is 8.42 Å². The Labute approximate surface area is 166 Å². The molecule has 0 saturated carbocycles. The zero-order valence-electron chi connectivity index (χ0n) is 16.2.